The van der Waals surface area contributed by atoms with E-state index in [1.807, 2.05) is 11.0 Å². The van der Waals surface area contributed by atoms with Crippen molar-refractivity contribution in [3.8, 4) is 0 Å². The van der Waals surface area contributed by atoms with Crippen LogP contribution in [0.3, 0.4) is 0 Å². The van der Waals surface area contributed by atoms with Crippen molar-refractivity contribution in [1.82, 2.24) is 0 Å². The molecule has 0 radical (unpaired) electrons. The molecule has 0 aliphatic carbocycles. The van der Waals surface area contributed by atoms with Gasteiger partial charge in [-0.1, -0.05) is 29.4 Å². The number of thioether (sulfide) groups is 1. The second-order valence-corrected chi connectivity index (χ2v) is 4.47. The Morgan fingerprint density at radius 3 is 2.86 bits per heavy atom. The third kappa shape index (κ3) is 1.55. The Balaban J connectivity index is 2.44. The van der Waals surface area contributed by atoms with Gasteiger partial charge in [0.15, 0.2) is 5.17 Å². The molecule has 0 saturated carbocycles. The maximum atomic E-state index is 7.71. The van der Waals surface area contributed by atoms with Crippen molar-refractivity contribution < 1.29 is 0 Å². The zero-order chi connectivity index (χ0) is 10.1. The van der Waals surface area contributed by atoms with Crippen molar-refractivity contribution in [3.63, 3.8) is 0 Å². The maximum absolute atomic E-state index is 7.71. The Hall–Kier alpha value is -0.870. The van der Waals surface area contributed by atoms with Gasteiger partial charge in [0.2, 0.25) is 0 Å². The van der Waals surface area contributed by atoms with Crippen LogP contribution in [0.25, 0.3) is 0 Å². The van der Waals surface area contributed by atoms with Gasteiger partial charge in [0.25, 0.3) is 0 Å². The second kappa shape index (κ2) is 3.71. The van der Waals surface area contributed by atoms with Gasteiger partial charge in [-0.05, 0) is 12.1 Å². The molecule has 1 aromatic rings. The van der Waals surface area contributed by atoms with Crippen molar-refractivity contribution in [1.29, 1.82) is 5.41 Å². The monoisotopic (exact) mass is 227 g/mol. The van der Waals surface area contributed by atoms with E-state index < -0.39 is 0 Å². The number of benzene rings is 1. The first-order valence-electron chi connectivity index (χ1n) is 4.23. The molecule has 1 aliphatic heterocycles. The molecule has 0 unspecified atom stereocenters. The summed E-state index contributed by atoms with van der Waals surface area (Å²) in [6, 6.07) is 5.41. The van der Waals surface area contributed by atoms with E-state index >= 15 is 0 Å². The lowest BCUT2D eigenvalue weighted by Gasteiger charge is -2.19. The number of hydrogen-bond acceptors (Lipinski definition) is 3. The van der Waals surface area contributed by atoms with Crippen LogP contribution in [0.2, 0.25) is 5.02 Å². The highest BCUT2D eigenvalue weighted by Crippen LogP contribution is 2.35. The lowest BCUT2D eigenvalue weighted by atomic mass is 10.2. The number of hydrogen-bond donors (Lipinski definition) is 2. The van der Waals surface area contributed by atoms with E-state index in [1.165, 1.54) is 11.8 Å². The highest BCUT2D eigenvalue weighted by atomic mass is 35.5. The summed E-state index contributed by atoms with van der Waals surface area (Å²) in [6.07, 6.45) is 0. The summed E-state index contributed by atoms with van der Waals surface area (Å²) in [5.74, 6) is 0.920. The summed E-state index contributed by atoms with van der Waals surface area (Å²) in [4.78, 5) is 1.85. The molecule has 0 bridgehead atoms. The molecule has 14 heavy (non-hydrogen) atoms. The van der Waals surface area contributed by atoms with E-state index in [9.17, 15) is 0 Å². The van der Waals surface area contributed by atoms with Gasteiger partial charge in [-0.3, -0.25) is 5.41 Å². The Morgan fingerprint density at radius 2 is 2.29 bits per heavy atom. The first kappa shape index (κ1) is 9.68. The number of nitrogen functional groups attached to an aromatic ring is 1. The fourth-order valence-corrected chi connectivity index (χ4v) is 2.53. The van der Waals surface area contributed by atoms with E-state index in [1.54, 1.807) is 12.1 Å². The van der Waals surface area contributed by atoms with E-state index in [-0.39, 0.29) is 0 Å². The number of amidine groups is 1. The zero-order valence-electron chi connectivity index (χ0n) is 7.46. The lowest BCUT2D eigenvalue weighted by Crippen LogP contribution is -2.24. The molecular weight excluding hydrogens is 218 g/mol. The average Bonchev–Trinajstić information content (AvgIpc) is 2.52. The standard InChI is InChI=1S/C9H10ClN3S/c10-6-2-1-3-7(11)8(6)13-4-5-14-9(13)12/h1-3,12H,4-5,11H2. The number of halogens is 1. The zero-order valence-corrected chi connectivity index (χ0v) is 9.03. The number of anilines is 2. The average molecular weight is 228 g/mol. The third-order valence-corrected chi connectivity index (χ3v) is 3.27. The van der Waals surface area contributed by atoms with Crippen LogP contribution in [-0.2, 0) is 0 Å². The van der Waals surface area contributed by atoms with Crippen LogP contribution in [0.5, 0.6) is 0 Å². The molecule has 0 atom stereocenters. The van der Waals surface area contributed by atoms with E-state index in [0.717, 1.165) is 18.0 Å². The lowest BCUT2D eigenvalue weighted by molar-refractivity contribution is 1.10. The molecule has 5 heteroatoms. The predicted octanol–water partition coefficient (Wildman–Crippen LogP) is 2.41. The number of nitrogens with two attached hydrogens (primary N) is 1. The Kier molecular flexibility index (Phi) is 2.56. The van der Waals surface area contributed by atoms with Crippen LogP contribution >= 0.6 is 23.4 Å². The Morgan fingerprint density at radius 1 is 1.50 bits per heavy atom. The van der Waals surface area contributed by atoms with Gasteiger partial charge in [-0.2, -0.15) is 0 Å². The molecule has 1 heterocycles. The SMILES string of the molecule is N=C1SCCN1c1c(N)cccc1Cl. The van der Waals surface area contributed by atoms with Gasteiger partial charge in [0, 0.05) is 12.3 Å². The molecule has 2 rings (SSSR count). The summed E-state index contributed by atoms with van der Waals surface area (Å²) in [5, 5.41) is 8.84. The third-order valence-electron chi connectivity index (χ3n) is 2.09. The first-order valence-corrected chi connectivity index (χ1v) is 5.59. The van der Waals surface area contributed by atoms with Gasteiger partial charge in [-0.25, -0.2) is 0 Å². The molecule has 1 aliphatic rings. The largest absolute Gasteiger partial charge is 0.397 e. The molecular formula is C9H10ClN3S. The molecule has 1 aromatic carbocycles. The fourth-order valence-electron chi connectivity index (χ4n) is 1.44. The van der Waals surface area contributed by atoms with Gasteiger partial charge < -0.3 is 10.6 Å². The van der Waals surface area contributed by atoms with Crippen molar-refractivity contribution >= 4 is 39.9 Å². The number of nitrogens with zero attached hydrogens (tertiary/aromatic N) is 1. The predicted molar refractivity (Wildman–Crippen MR) is 63.4 cm³/mol. The molecule has 0 amide bonds. The number of para-hydroxylation sites is 1. The minimum Gasteiger partial charge on any atom is -0.397 e. The van der Waals surface area contributed by atoms with Crippen molar-refractivity contribution in [2.75, 3.05) is 22.9 Å². The smallest absolute Gasteiger partial charge is 0.161 e. The minimum atomic E-state index is 0.518. The maximum Gasteiger partial charge on any atom is 0.161 e. The Labute approximate surface area is 91.7 Å². The summed E-state index contributed by atoms with van der Waals surface area (Å²) in [6.45, 7) is 0.803. The molecule has 1 fully saturated rings. The number of rotatable bonds is 1. The normalized spacial score (nSPS) is 16.4. The number of nitrogens with one attached hydrogen (secondary N) is 1. The molecule has 1 saturated heterocycles. The van der Waals surface area contributed by atoms with Crippen LogP contribution in [-0.4, -0.2) is 17.5 Å². The highest BCUT2D eigenvalue weighted by Gasteiger charge is 2.22. The first-order chi connectivity index (χ1) is 6.70. The quantitative estimate of drug-likeness (QED) is 0.725. The molecule has 0 spiro atoms. The van der Waals surface area contributed by atoms with Crippen LogP contribution in [0.1, 0.15) is 0 Å². The second-order valence-electron chi connectivity index (χ2n) is 2.98. The van der Waals surface area contributed by atoms with Gasteiger partial charge in [0.1, 0.15) is 0 Å². The van der Waals surface area contributed by atoms with Gasteiger partial charge in [-0.15, -0.1) is 0 Å². The highest BCUT2D eigenvalue weighted by molar-refractivity contribution is 8.14. The fraction of sp³-hybridized carbons (Fsp3) is 0.222. The summed E-state index contributed by atoms with van der Waals surface area (Å²) >= 11 is 7.56. The van der Waals surface area contributed by atoms with Gasteiger partial charge in [0.05, 0.1) is 16.4 Å². The molecule has 74 valence electrons. The van der Waals surface area contributed by atoms with E-state index in [2.05, 4.69) is 0 Å². The van der Waals surface area contributed by atoms with Gasteiger partial charge >= 0.3 is 0 Å². The summed E-state index contributed by atoms with van der Waals surface area (Å²) in [5.41, 5.74) is 7.23. The van der Waals surface area contributed by atoms with Crippen molar-refractivity contribution in [2.45, 2.75) is 0 Å². The van der Waals surface area contributed by atoms with E-state index in [4.69, 9.17) is 22.7 Å². The van der Waals surface area contributed by atoms with Crippen molar-refractivity contribution in [3.05, 3.63) is 23.2 Å². The van der Waals surface area contributed by atoms with Crippen LogP contribution < -0.4 is 10.6 Å². The minimum absolute atomic E-state index is 0.518. The van der Waals surface area contributed by atoms with E-state index in [0.29, 0.717) is 15.9 Å². The molecule has 3 N–H and O–H groups in total. The Bertz CT molecular complexity index is 360. The van der Waals surface area contributed by atoms with Crippen LogP contribution in [0.15, 0.2) is 18.2 Å². The van der Waals surface area contributed by atoms with Crippen LogP contribution in [0, 0.1) is 5.41 Å². The topological polar surface area (TPSA) is 53.1 Å². The summed E-state index contributed by atoms with van der Waals surface area (Å²) in [7, 11) is 0. The summed E-state index contributed by atoms with van der Waals surface area (Å²) < 4.78 is 0. The van der Waals surface area contributed by atoms with Crippen LogP contribution in [0.4, 0.5) is 11.4 Å². The molecule has 0 aromatic heterocycles. The molecule has 3 nitrogen and oxygen atoms in total. The van der Waals surface area contributed by atoms with Crippen molar-refractivity contribution in [2.24, 2.45) is 0 Å².